The van der Waals surface area contributed by atoms with Crippen molar-refractivity contribution in [1.82, 2.24) is 9.97 Å². The van der Waals surface area contributed by atoms with Crippen molar-refractivity contribution in [1.29, 1.82) is 0 Å². The second-order valence-electron chi connectivity index (χ2n) is 5.50. The van der Waals surface area contributed by atoms with E-state index in [2.05, 4.69) is 15.3 Å². The first-order valence-electron chi connectivity index (χ1n) is 7.70. The maximum atomic E-state index is 13.5. The van der Waals surface area contributed by atoms with E-state index in [0.29, 0.717) is 5.69 Å². The lowest BCUT2D eigenvalue weighted by Crippen LogP contribution is -2.14. The lowest BCUT2D eigenvalue weighted by atomic mass is 10.1. The largest absolute Gasteiger partial charge is 0.421 e. The van der Waals surface area contributed by atoms with Crippen LogP contribution in [-0.4, -0.2) is 15.9 Å². The van der Waals surface area contributed by atoms with Crippen LogP contribution in [0.4, 0.5) is 10.1 Å². The van der Waals surface area contributed by atoms with Gasteiger partial charge in [0.05, 0.1) is 24.5 Å². The Balaban J connectivity index is 1.60. The number of halogens is 1. The number of carbonyl (C=O) groups excluding carboxylic acids is 1. The number of nitrogens with one attached hydrogen (secondary N) is 1. The molecule has 1 amide bonds. The van der Waals surface area contributed by atoms with Gasteiger partial charge in [-0.3, -0.25) is 4.79 Å². The molecule has 126 valence electrons. The number of benzene rings is 2. The second-order valence-corrected chi connectivity index (χ2v) is 5.50. The lowest BCUT2D eigenvalue weighted by molar-refractivity contribution is -0.115. The first kappa shape index (κ1) is 16.6. The van der Waals surface area contributed by atoms with Crippen LogP contribution in [0.25, 0.3) is 0 Å². The summed E-state index contributed by atoms with van der Waals surface area (Å²) in [4.78, 5) is 20.0. The van der Waals surface area contributed by atoms with Crippen LogP contribution in [0.15, 0.2) is 60.9 Å². The molecule has 0 aliphatic carbocycles. The number of aryl methyl sites for hydroxylation is 1. The Hall–Kier alpha value is -3.28. The third-order valence-corrected chi connectivity index (χ3v) is 3.40. The van der Waals surface area contributed by atoms with E-state index < -0.39 is 5.82 Å². The van der Waals surface area contributed by atoms with Gasteiger partial charge < -0.3 is 10.1 Å². The first-order chi connectivity index (χ1) is 12.1. The number of rotatable bonds is 5. The summed E-state index contributed by atoms with van der Waals surface area (Å²) in [5, 5.41) is 2.72. The molecule has 0 bridgehead atoms. The summed E-state index contributed by atoms with van der Waals surface area (Å²) in [6, 6.07) is 13.7. The Morgan fingerprint density at radius 3 is 2.60 bits per heavy atom. The molecule has 5 nitrogen and oxygen atoms in total. The molecule has 0 aliphatic rings. The fraction of sp³-hybridized carbons (Fsp3) is 0.105. The topological polar surface area (TPSA) is 64.1 Å². The summed E-state index contributed by atoms with van der Waals surface area (Å²) < 4.78 is 18.8. The summed E-state index contributed by atoms with van der Waals surface area (Å²) >= 11 is 0. The molecule has 0 atom stereocenters. The molecule has 0 saturated heterocycles. The van der Waals surface area contributed by atoms with E-state index in [-0.39, 0.29) is 24.1 Å². The number of amides is 1. The zero-order chi connectivity index (χ0) is 17.6. The zero-order valence-corrected chi connectivity index (χ0v) is 13.6. The summed E-state index contributed by atoms with van der Waals surface area (Å²) in [5.41, 5.74) is 2.47. The number of ether oxygens (including phenoxy) is 1. The van der Waals surface area contributed by atoms with Crippen molar-refractivity contribution in [2.75, 3.05) is 5.32 Å². The molecule has 3 rings (SSSR count). The van der Waals surface area contributed by atoms with Crippen LogP contribution in [0.5, 0.6) is 11.8 Å². The highest BCUT2D eigenvalue weighted by molar-refractivity contribution is 5.91. The number of aromatic nitrogens is 2. The minimum absolute atomic E-state index is 0.00165. The minimum atomic E-state index is -0.498. The predicted octanol–water partition coefficient (Wildman–Crippen LogP) is 3.90. The normalized spacial score (nSPS) is 10.3. The Morgan fingerprint density at radius 2 is 1.88 bits per heavy atom. The second kappa shape index (κ2) is 7.53. The molecule has 25 heavy (non-hydrogen) atoms. The molecule has 0 saturated carbocycles. The lowest BCUT2D eigenvalue weighted by Gasteiger charge is -2.07. The number of anilines is 1. The van der Waals surface area contributed by atoms with Gasteiger partial charge in [0, 0.05) is 0 Å². The molecule has 0 aliphatic heterocycles. The monoisotopic (exact) mass is 337 g/mol. The molecule has 0 spiro atoms. The molecule has 0 unspecified atom stereocenters. The third-order valence-electron chi connectivity index (χ3n) is 3.40. The van der Waals surface area contributed by atoms with Gasteiger partial charge in [-0.25, -0.2) is 14.4 Å². The summed E-state index contributed by atoms with van der Waals surface area (Å²) in [6.45, 7) is 1.98. The van der Waals surface area contributed by atoms with Crippen molar-refractivity contribution in [3.8, 4) is 11.8 Å². The quantitative estimate of drug-likeness (QED) is 0.767. The third kappa shape index (κ3) is 4.60. The Morgan fingerprint density at radius 1 is 1.12 bits per heavy atom. The first-order valence-corrected chi connectivity index (χ1v) is 7.70. The van der Waals surface area contributed by atoms with E-state index in [4.69, 9.17) is 4.74 Å². The standard InChI is InChI=1S/C19H16FN3O2/c1-13-5-4-6-14(9-13)10-18(24)23-15-11-21-19(22-12-15)25-17-8-3-2-7-16(17)20/h2-9,11-12H,10H2,1H3,(H,23,24). The molecule has 1 heterocycles. The maximum absolute atomic E-state index is 13.5. The van der Waals surface area contributed by atoms with Crippen LogP contribution in [0.2, 0.25) is 0 Å². The van der Waals surface area contributed by atoms with E-state index in [1.54, 1.807) is 12.1 Å². The molecular formula is C19H16FN3O2. The maximum Gasteiger partial charge on any atom is 0.322 e. The van der Waals surface area contributed by atoms with Crippen LogP contribution in [0, 0.1) is 12.7 Å². The van der Waals surface area contributed by atoms with E-state index in [1.807, 2.05) is 31.2 Å². The van der Waals surface area contributed by atoms with E-state index in [1.165, 1.54) is 24.5 Å². The SMILES string of the molecule is Cc1cccc(CC(=O)Nc2cnc(Oc3ccccc3F)nc2)c1. The number of hydrogen-bond donors (Lipinski definition) is 1. The van der Waals surface area contributed by atoms with Gasteiger partial charge in [0.15, 0.2) is 11.6 Å². The molecule has 0 radical (unpaired) electrons. The molecule has 0 fully saturated rings. The number of carbonyl (C=O) groups is 1. The highest BCUT2D eigenvalue weighted by atomic mass is 19.1. The number of hydrogen-bond acceptors (Lipinski definition) is 4. The molecule has 2 aromatic carbocycles. The fourth-order valence-corrected chi connectivity index (χ4v) is 2.27. The van der Waals surface area contributed by atoms with Crippen molar-refractivity contribution < 1.29 is 13.9 Å². The number of para-hydroxylation sites is 1. The predicted molar refractivity (Wildman–Crippen MR) is 92.0 cm³/mol. The van der Waals surface area contributed by atoms with Crippen molar-refractivity contribution in [3.05, 3.63) is 77.9 Å². The molecule has 1 aromatic heterocycles. The van der Waals surface area contributed by atoms with Crippen LogP contribution >= 0.6 is 0 Å². The zero-order valence-electron chi connectivity index (χ0n) is 13.6. The van der Waals surface area contributed by atoms with E-state index in [0.717, 1.165) is 11.1 Å². The number of nitrogens with zero attached hydrogens (tertiary/aromatic N) is 2. The average molecular weight is 337 g/mol. The Labute approximate surface area is 144 Å². The van der Waals surface area contributed by atoms with Gasteiger partial charge in [-0.1, -0.05) is 42.0 Å². The van der Waals surface area contributed by atoms with Gasteiger partial charge >= 0.3 is 6.01 Å². The van der Waals surface area contributed by atoms with Crippen molar-refractivity contribution >= 4 is 11.6 Å². The minimum Gasteiger partial charge on any atom is -0.421 e. The van der Waals surface area contributed by atoms with Crippen LogP contribution in [0.1, 0.15) is 11.1 Å². The van der Waals surface area contributed by atoms with Gasteiger partial charge in [-0.2, -0.15) is 0 Å². The van der Waals surface area contributed by atoms with Crippen molar-refractivity contribution in [2.24, 2.45) is 0 Å². The van der Waals surface area contributed by atoms with Crippen LogP contribution in [-0.2, 0) is 11.2 Å². The van der Waals surface area contributed by atoms with Crippen LogP contribution in [0.3, 0.4) is 0 Å². The van der Waals surface area contributed by atoms with E-state index >= 15 is 0 Å². The van der Waals surface area contributed by atoms with Crippen molar-refractivity contribution in [2.45, 2.75) is 13.3 Å². The van der Waals surface area contributed by atoms with Crippen molar-refractivity contribution in [3.63, 3.8) is 0 Å². The van der Waals surface area contributed by atoms with Crippen LogP contribution < -0.4 is 10.1 Å². The smallest absolute Gasteiger partial charge is 0.322 e. The summed E-state index contributed by atoms with van der Waals surface area (Å²) in [5.74, 6) is -0.627. The molecular weight excluding hydrogens is 321 g/mol. The molecule has 1 N–H and O–H groups in total. The Bertz CT molecular complexity index is 882. The fourth-order valence-electron chi connectivity index (χ4n) is 2.27. The van der Waals surface area contributed by atoms with Gasteiger partial charge in [0.1, 0.15) is 0 Å². The Kier molecular flexibility index (Phi) is 4.99. The average Bonchev–Trinajstić information content (AvgIpc) is 2.58. The molecule has 3 aromatic rings. The summed E-state index contributed by atoms with van der Waals surface area (Å²) in [7, 11) is 0. The summed E-state index contributed by atoms with van der Waals surface area (Å²) in [6.07, 6.45) is 3.09. The van der Waals surface area contributed by atoms with Gasteiger partial charge in [-0.15, -0.1) is 0 Å². The highest BCUT2D eigenvalue weighted by Crippen LogP contribution is 2.21. The highest BCUT2D eigenvalue weighted by Gasteiger charge is 2.08. The van der Waals surface area contributed by atoms with E-state index in [9.17, 15) is 9.18 Å². The molecule has 6 heteroatoms. The van der Waals surface area contributed by atoms with Gasteiger partial charge in [0.2, 0.25) is 5.91 Å². The van der Waals surface area contributed by atoms with Gasteiger partial charge in [-0.05, 0) is 24.6 Å². The van der Waals surface area contributed by atoms with Gasteiger partial charge in [0.25, 0.3) is 0 Å².